The largest absolute Gasteiger partial charge is 0.479 e. The first-order valence-corrected chi connectivity index (χ1v) is 12.7. The molecule has 0 saturated carbocycles. The molecule has 1 aromatic rings. The summed E-state index contributed by atoms with van der Waals surface area (Å²) in [4.78, 5) is 30.1. The topological polar surface area (TPSA) is 81.2 Å². The van der Waals surface area contributed by atoms with E-state index < -0.39 is 46.4 Å². The molecule has 1 atom stereocenters. The van der Waals surface area contributed by atoms with Crippen molar-refractivity contribution in [2.75, 3.05) is 49.8 Å². The van der Waals surface area contributed by atoms with E-state index in [4.69, 9.17) is 26.4 Å². The zero-order valence-electron chi connectivity index (χ0n) is 20.0. The second-order valence-corrected chi connectivity index (χ2v) is 9.50. The number of esters is 1. The van der Waals surface area contributed by atoms with Crippen LogP contribution in [0.3, 0.4) is 0 Å². The molecule has 13 heteroatoms. The third-order valence-corrected chi connectivity index (χ3v) is 6.64. The van der Waals surface area contributed by atoms with Gasteiger partial charge in [0.05, 0.1) is 20.3 Å². The van der Waals surface area contributed by atoms with Crippen molar-refractivity contribution in [1.82, 2.24) is 4.98 Å². The second kappa shape index (κ2) is 14.3. The first kappa shape index (κ1) is 29.0. The third-order valence-electron chi connectivity index (χ3n) is 5.21. The number of nitrogens with zero attached hydrogens (tertiary/aromatic N) is 3. The molecule has 0 aliphatic carbocycles. The molecule has 1 saturated heterocycles. The van der Waals surface area contributed by atoms with Crippen LogP contribution in [0.2, 0.25) is 0 Å². The highest BCUT2D eigenvalue weighted by Crippen LogP contribution is 2.34. The number of hydrogen-bond acceptors (Lipinski definition) is 9. The summed E-state index contributed by atoms with van der Waals surface area (Å²) >= 11 is 6.23. The lowest BCUT2D eigenvalue weighted by Gasteiger charge is -2.31. The average molecular weight is 538 g/mol. The number of thiocarbonyl (C=S) groups is 1. The van der Waals surface area contributed by atoms with Gasteiger partial charge in [0.15, 0.2) is 11.6 Å². The summed E-state index contributed by atoms with van der Waals surface area (Å²) in [6.45, 7) is 4.33. The van der Waals surface area contributed by atoms with Crippen molar-refractivity contribution < 1.29 is 37.0 Å². The van der Waals surface area contributed by atoms with Gasteiger partial charge in [0, 0.05) is 31.3 Å². The number of halogens is 3. The Kier molecular flexibility index (Phi) is 11.8. The van der Waals surface area contributed by atoms with Gasteiger partial charge in [-0.3, -0.25) is 9.69 Å². The molecule has 0 spiro atoms. The zero-order valence-corrected chi connectivity index (χ0v) is 21.6. The Morgan fingerprint density at radius 2 is 1.77 bits per heavy atom. The summed E-state index contributed by atoms with van der Waals surface area (Å²) in [6, 6.07) is 0. The number of carbonyl (C=O) groups excluding carboxylic acids is 2. The van der Waals surface area contributed by atoms with Gasteiger partial charge in [-0.05, 0) is 51.7 Å². The molecule has 0 bridgehead atoms. The van der Waals surface area contributed by atoms with Gasteiger partial charge in [0.2, 0.25) is 10.2 Å². The molecule has 1 amide bonds. The normalized spacial score (nSPS) is 14.3. The number of thioether (sulfide) groups is 1. The van der Waals surface area contributed by atoms with Crippen molar-refractivity contribution in [3.8, 4) is 0 Å². The molecular weight excluding hydrogens is 507 g/mol. The van der Waals surface area contributed by atoms with Crippen LogP contribution >= 0.6 is 24.0 Å². The Morgan fingerprint density at radius 3 is 2.37 bits per heavy atom. The fraction of sp³-hybridized carbons (Fsp3) is 0.636. The Balaban J connectivity index is 2.42. The van der Waals surface area contributed by atoms with E-state index in [9.17, 15) is 18.4 Å². The molecule has 0 N–H and O–H groups in total. The van der Waals surface area contributed by atoms with Crippen molar-refractivity contribution in [3.05, 3.63) is 17.6 Å². The van der Waals surface area contributed by atoms with Crippen LogP contribution in [0, 0.1) is 17.6 Å². The predicted molar refractivity (Wildman–Crippen MR) is 131 cm³/mol. The summed E-state index contributed by atoms with van der Waals surface area (Å²) < 4.78 is 59.9. The molecule has 8 nitrogen and oxygen atoms in total. The number of pyridine rings is 1. The maximum absolute atomic E-state index is 15.6. The van der Waals surface area contributed by atoms with E-state index in [2.05, 4.69) is 4.98 Å². The maximum Gasteiger partial charge on any atom is 0.415 e. The smallest absolute Gasteiger partial charge is 0.415 e. The number of hydrogen-bond donors (Lipinski definition) is 0. The Bertz CT molecular complexity index is 904. The Labute approximate surface area is 212 Å². The first-order chi connectivity index (χ1) is 16.7. The average Bonchev–Trinajstić information content (AvgIpc) is 2.84. The highest BCUT2D eigenvalue weighted by atomic mass is 32.2. The standard InChI is InChI=1S/C22H30F3N3O5S2/c1-4-32-15(29)10-9-14(35-22(34)33-5-2)13-28(21(30)31-3)20-17(24)18(16(23)19(25)26-20)27-11-7-6-8-12-27/h14H,4-13H2,1-3H3. The fourth-order valence-corrected chi connectivity index (χ4v) is 5.06. The summed E-state index contributed by atoms with van der Waals surface area (Å²) in [7, 11) is 1.07. The SMILES string of the molecule is CCOC(=O)CCC(CN(C(=O)OC)c1nc(F)c(F)c(N2CCCCC2)c1F)SC(=S)OCC. The number of anilines is 2. The number of aromatic nitrogens is 1. The molecule has 1 unspecified atom stereocenters. The van der Waals surface area contributed by atoms with E-state index in [1.807, 2.05) is 0 Å². The molecule has 35 heavy (non-hydrogen) atoms. The van der Waals surface area contributed by atoms with Crippen LogP contribution in [0.5, 0.6) is 0 Å². The molecule has 1 aliphatic heterocycles. The van der Waals surface area contributed by atoms with Crippen LogP contribution in [-0.2, 0) is 19.0 Å². The number of amides is 1. The third kappa shape index (κ3) is 8.13. The molecule has 0 aromatic carbocycles. The van der Waals surface area contributed by atoms with E-state index in [0.29, 0.717) is 32.5 Å². The van der Waals surface area contributed by atoms with Gasteiger partial charge in [-0.25, -0.2) is 9.18 Å². The van der Waals surface area contributed by atoms with Gasteiger partial charge in [-0.2, -0.15) is 13.8 Å². The van der Waals surface area contributed by atoms with Crippen molar-refractivity contribution in [1.29, 1.82) is 0 Å². The monoisotopic (exact) mass is 537 g/mol. The fourth-order valence-electron chi connectivity index (χ4n) is 3.61. The molecule has 2 heterocycles. The van der Waals surface area contributed by atoms with E-state index in [0.717, 1.165) is 30.2 Å². The summed E-state index contributed by atoms with van der Waals surface area (Å²) in [5.41, 5.74) is -0.568. The number of carbonyl (C=O) groups is 2. The molecule has 196 valence electrons. The Morgan fingerprint density at radius 1 is 1.11 bits per heavy atom. The van der Waals surface area contributed by atoms with Crippen LogP contribution in [0.1, 0.15) is 46.0 Å². The van der Waals surface area contributed by atoms with Crippen LogP contribution < -0.4 is 9.80 Å². The number of rotatable bonds is 10. The number of piperidine rings is 1. The van der Waals surface area contributed by atoms with E-state index in [-0.39, 0.29) is 30.4 Å². The van der Waals surface area contributed by atoms with Crippen molar-refractivity contribution in [3.63, 3.8) is 0 Å². The predicted octanol–water partition coefficient (Wildman–Crippen LogP) is 4.83. The van der Waals surface area contributed by atoms with Crippen molar-refractivity contribution in [2.45, 2.75) is 51.2 Å². The van der Waals surface area contributed by atoms with Crippen LogP contribution in [-0.4, -0.2) is 66.6 Å². The van der Waals surface area contributed by atoms with Gasteiger partial charge in [0.1, 0.15) is 5.69 Å². The molecule has 2 rings (SSSR count). The number of methoxy groups -OCH3 is 1. The minimum Gasteiger partial charge on any atom is -0.479 e. The maximum atomic E-state index is 15.6. The minimum atomic E-state index is -1.53. The summed E-state index contributed by atoms with van der Waals surface area (Å²) in [5.74, 6) is -5.28. The van der Waals surface area contributed by atoms with Gasteiger partial charge < -0.3 is 19.1 Å². The first-order valence-electron chi connectivity index (χ1n) is 11.4. The lowest BCUT2D eigenvalue weighted by molar-refractivity contribution is -0.143. The second-order valence-electron chi connectivity index (χ2n) is 7.60. The number of ether oxygens (including phenoxy) is 3. The molecule has 1 aromatic heterocycles. The highest BCUT2D eigenvalue weighted by molar-refractivity contribution is 8.23. The van der Waals surface area contributed by atoms with Gasteiger partial charge in [0.25, 0.3) is 5.95 Å². The molecule has 1 fully saturated rings. The highest BCUT2D eigenvalue weighted by Gasteiger charge is 2.33. The van der Waals surface area contributed by atoms with Gasteiger partial charge >= 0.3 is 12.1 Å². The molecular formula is C22H30F3N3O5S2. The Hall–Kier alpha value is -2.28. The van der Waals surface area contributed by atoms with E-state index >= 15 is 4.39 Å². The summed E-state index contributed by atoms with van der Waals surface area (Å²) in [5, 5.41) is -0.592. The van der Waals surface area contributed by atoms with E-state index in [1.165, 1.54) is 4.90 Å². The molecule has 1 aliphatic rings. The lowest BCUT2D eigenvalue weighted by Crippen LogP contribution is -2.39. The van der Waals surface area contributed by atoms with E-state index in [1.54, 1.807) is 13.8 Å². The van der Waals surface area contributed by atoms with Gasteiger partial charge in [-0.1, -0.05) is 11.8 Å². The van der Waals surface area contributed by atoms with Crippen LogP contribution in [0.15, 0.2) is 0 Å². The minimum absolute atomic E-state index is 0.0119. The van der Waals surface area contributed by atoms with Crippen molar-refractivity contribution >= 4 is 51.9 Å². The van der Waals surface area contributed by atoms with Crippen molar-refractivity contribution in [2.24, 2.45) is 0 Å². The van der Waals surface area contributed by atoms with Crippen LogP contribution in [0.4, 0.5) is 29.5 Å². The lowest BCUT2D eigenvalue weighted by atomic mass is 10.1. The molecule has 0 radical (unpaired) electrons. The van der Waals surface area contributed by atoms with Crippen LogP contribution in [0.25, 0.3) is 0 Å². The summed E-state index contributed by atoms with van der Waals surface area (Å²) in [6.07, 6.45) is 1.42. The quantitative estimate of drug-likeness (QED) is 0.237. The van der Waals surface area contributed by atoms with Gasteiger partial charge in [-0.15, -0.1) is 0 Å². The zero-order chi connectivity index (χ0) is 26.0.